The number of hydrogen-bond donors (Lipinski definition) is 2. The lowest BCUT2D eigenvalue weighted by Gasteiger charge is -2.03. The topological polar surface area (TPSA) is 62.5 Å². The largest absolute Gasteiger partial charge is 0.451 e. The van der Waals surface area contributed by atoms with Crippen LogP contribution in [0.4, 0.5) is 4.39 Å². The van der Waals surface area contributed by atoms with Crippen LogP contribution in [0.2, 0.25) is 0 Å². The van der Waals surface area contributed by atoms with Crippen LogP contribution in [0.15, 0.2) is 22.6 Å². The summed E-state index contributed by atoms with van der Waals surface area (Å²) >= 11 is 0. The van der Waals surface area contributed by atoms with Crippen molar-refractivity contribution in [2.45, 2.75) is 26.2 Å². The van der Waals surface area contributed by atoms with Gasteiger partial charge in [0.25, 0.3) is 5.91 Å². The Bertz CT molecular complexity index is 606. The average molecular weight is 279 g/mol. The van der Waals surface area contributed by atoms with Gasteiger partial charge in [-0.25, -0.2) is 4.39 Å². The van der Waals surface area contributed by atoms with Crippen molar-refractivity contribution in [3.8, 4) is 0 Å². The van der Waals surface area contributed by atoms with Gasteiger partial charge in [-0.05, 0) is 44.4 Å². The molecule has 0 atom stereocenters. The number of nitrogens with one attached hydrogen (secondary N) is 1. The van der Waals surface area contributed by atoms with Crippen molar-refractivity contribution in [2.75, 3.05) is 13.2 Å². The molecule has 2 rings (SSSR count). The van der Waals surface area contributed by atoms with Gasteiger partial charge in [0.15, 0.2) is 5.76 Å². The van der Waals surface area contributed by atoms with E-state index < -0.39 is 0 Å². The summed E-state index contributed by atoms with van der Waals surface area (Å²) in [7, 11) is 0. The van der Waals surface area contributed by atoms with E-state index in [1.807, 2.05) is 0 Å². The number of amides is 1. The molecular formula is C15H18FNO3. The van der Waals surface area contributed by atoms with Gasteiger partial charge >= 0.3 is 0 Å². The molecule has 1 amide bonds. The van der Waals surface area contributed by atoms with Gasteiger partial charge in [0.05, 0.1) is 0 Å². The number of benzene rings is 1. The van der Waals surface area contributed by atoms with Crippen molar-refractivity contribution in [1.82, 2.24) is 5.32 Å². The summed E-state index contributed by atoms with van der Waals surface area (Å²) in [6.45, 7) is 2.44. The molecule has 1 aromatic carbocycles. The Hall–Kier alpha value is -1.88. The number of fused-ring (bicyclic) bond motifs is 1. The lowest BCUT2D eigenvalue weighted by molar-refractivity contribution is 0.0926. The van der Waals surface area contributed by atoms with Crippen LogP contribution in [-0.4, -0.2) is 24.2 Å². The predicted molar refractivity (Wildman–Crippen MR) is 74.2 cm³/mol. The highest BCUT2D eigenvalue weighted by molar-refractivity contribution is 5.98. The zero-order valence-electron chi connectivity index (χ0n) is 11.4. The Labute approximate surface area is 116 Å². The molecule has 0 saturated heterocycles. The first kappa shape index (κ1) is 14.5. The molecule has 2 N–H and O–H groups in total. The standard InChI is InChI=1S/C15H18FNO3/c1-10-12-9-11(16)5-6-13(12)20-14(10)15(19)17-7-3-2-4-8-18/h5-6,9,18H,2-4,7-8H2,1H3,(H,17,19). The minimum Gasteiger partial charge on any atom is -0.451 e. The molecule has 108 valence electrons. The van der Waals surface area contributed by atoms with Gasteiger partial charge in [-0.15, -0.1) is 0 Å². The second-order valence-electron chi connectivity index (χ2n) is 4.74. The second-order valence-corrected chi connectivity index (χ2v) is 4.74. The second kappa shape index (κ2) is 6.52. The van der Waals surface area contributed by atoms with Gasteiger partial charge in [0, 0.05) is 24.1 Å². The Kier molecular flexibility index (Phi) is 4.74. The van der Waals surface area contributed by atoms with E-state index in [1.54, 1.807) is 6.92 Å². The van der Waals surface area contributed by atoms with Crippen LogP contribution in [-0.2, 0) is 0 Å². The quantitative estimate of drug-likeness (QED) is 0.799. The maximum absolute atomic E-state index is 13.2. The SMILES string of the molecule is Cc1c(C(=O)NCCCCCO)oc2ccc(F)cc12. The van der Waals surface area contributed by atoms with Crippen LogP contribution < -0.4 is 5.32 Å². The Morgan fingerprint density at radius 2 is 2.15 bits per heavy atom. The van der Waals surface area contributed by atoms with Crippen LogP contribution in [0.1, 0.15) is 35.4 Å². The van der Waals surface area contributed by atoms with Gasteiger partial charge < -0.3 is 14.8 Å². The molecule has 1 aromatic heterocycles. The minimum atomic E-state index is -0.350. The van der Waals surface area contributed by atoms with E-state index in [1.165, 1.54) is 18.2 Å². The number of aliphatic hydroxyl groups excluding tert-OH is 1. The summed E-state index contributed by atoms with van der Waals surface area (Å²) in [5.74, 6) is -0.409. The molecule has 0 aliphatic rings. The smallest absolute Gasteiger partial charge is 0.287 e. The number of carbonyl (C=O) groups excluding carboxylic acids is 1. The summed E-state index contributed by atoms with van der Waals surface area (Å²) in [4.78, 5) is 12.0. The van der Waals surface area contributed by atoms with E-state index in [4.69, 9.17) is 9.52 Å². The average Bonchev–Trinajstić information content (AvgIpc) is 2.76. The molecule has 0 aliphatic carbocycles. The molecule has 1 heterocycles. The molecule has 5 heteroatoms. The number of hydrogen-bond acceptors (Lipinski definition) is 3. The number of aryl methyl sites for hydroxylation is 1. The van der Waals surface area contributed by atoms with E-state index in [2.05, 4.69) is 5.32 Å². The molecule has 0 fully saturated rings. The minimum absolute atomic E-state index is 0.169. The highest BCUT2D eigenvalue weighted by Crippen LogP contribution is 2.25. The number of rotatable bonds is 6. The van der Waals surface area contributed by atoms with Crippen LogP contribution in [0, 0.1) is 12.7 Å². The van der Waals surface area contributed by atoms with Crippen molar-refractivity contribution in [2.24, 2.45) is 0 Å². The summed E-state index contributed by atoms with van der Waals surface area (Å²) in [6.07, 6.45) is 2.40. The first-order valence-corrected chi connectivity index (χ1v) is 6.71. The van der Waals surface area contributed by atoms with Crippen molar-refractivity contribution in [1.29, 1.82) is 0 Å². The lowest BCUT2D eigenvalue weighted by Crippen LogP contribution is -2.24. The first-order chi connectivity index (χ1) is 9.63. The molecule has 0 unspecified atom stereocenters. The molecule has 0 saturated carbocycles. The highest BCUT2D eigenvalue weighted by atomic mass is 19.1. The van der Waals surface area contributed by atoms with Crippen LogP contribution in [0.5, 0.6) is 0 Å². The van der Waals surface area contributed by atoms with Gasteiger partial charge in [-0.2, -0.15) is 0 Å². The number of unbranched alkanes of at least 4 members (excludes halogenated alkanes) is 2. The molecule has 0 bridgehead atoms. The Balaban J connectivity index is 2.05. The number of aliphatic hydroxyl groups is 1. The summed E-state index contributed by atoms with van der Waals surface area (Å²) in [5.41, 5.74) is 1.15. The third kappa shape index (κ3) is 3.17. The number of halogens is 1. The van der Waals surface area contributed by atoms with E-state index in [0.29, 0.717) is 23.1 Å². The fourth-order valence-corrected chi connectivity index (χ4v) is 2.11. The number of carbonyl (C=O) groups is 1. The van der Waals surface area contributed by atoms with E-state index >= 15 is 0 Å². The summed E-state index contributed by atoms with van der Waals surface area (Å²) < 4.78 is 18.7. The maximum Gasteiger partial charge on any atom is 0.287 e. The third-order valence-electron chi connectivity index (χ3n) is 3.22. The normalized spacial score (nSPS) is 10.9. The first-order valence-electron chi connectivity index (χ1n) is 6.71. The van der Waals surface area contributed by atoms with E-state index in [9.17, 15) is 9.18 Å². The fourth-order valence-electron chi connectivity index (χ4n) is 2.11. The molecule has 2 aromatic rings. The zero-order chi connectivity index (χ0) is 14.5. The Morgan fingerprint density at radius 3 is 2.90 bits per heavy atom. The molecule has 0 aliphatic heterocycles. The maximum atomic E-state index is 13.2. The zero-order valence-corrected chi connectivity index (χ0v) is 11.4. The van der Waals surface area contributed by atoms with E-state index in [-0.39, 0.29) is 24.1 Å². The lowest BCUT2D eigenvalue weighted by atomic mass is 10.1. The van der Waals surface area contributed by atoms with Crippen LogP contribution >= 0.6 is 0 Å². The van der Waals surface area contributed by atoms with Crippen molar-refractivity contribution >= 4 is 16.9 Å². The predicted octanol–water partition coefficient (Wildman–Crippen LogP) is 2.77. The molecule has 4 nitrogen and oxygen atoms in total. The summed E-state index contributed by atoms with van der Waals surface area (Å²) in [6, 6.07) is 4.20. The van der Waals surface area contributed by atoms with Crippen molar-refractivity contribution in [3.05, 3.63) is 35.3 Å². The fraction of sp³-hybridized carbons (Fsp3) is 0.400. The van der Waals surface area contributed by atoms with Crippen LogP contribution in [0.25, 0.3) is 11.0 Å². The molecule has 0 spiro atoms. The Morgan fingerprint density at radius 1 is 1.35 bits per heavy atom. The summed E-state index contributed by atoms with van der Waals surface area (Å²) in [5, 5.41) is 12.0. The molecular weight excluding hydrogens is 261 g/mol. The van der Waals surface area contributed by atoms with Gasteiger partial charge in [0.1, 0.15) is 11.4 Å². The van der Waals surface area contributed by atoms with Crippen molar-refractivity contribution < 1.29 is 18.7 Å². The van der Waals surface area contributed by atoms with Gasteiger partial charge in [-0.3, -0.25) is 4.79 Å². The highest BCUT2D eigenvalue weighted by Gasteiger charge is 2.17. The van der Waals surface area contributed by atoms with Gasteiger partial charge in [-0.1, -0.05) is 0 Å². The van der Waals surface area contributed by atoms with Crippen LogP contribution in [0.3, 0.4) is 0 Å². The molecule has 0 radical (unpaired) electrons. The number of furan rings is 1. The third-order valence-corrected chi connectivity index (χ3v) is 3.22. The van der Waals surface area contributed by atoms with E-state index in [0.717, 1.165) is 19.3 Å². The monoisotopic (exact) mass is 279 g/mol. The molecule has 20 heavy (non-hydrogen) atoms. The van der Waals surface area contributed by atoms with Gasteiger partial charge in [0.2, 0.25) is 0 Å². The van der Waals surface area contributed by atoms with Crippen molar-refractivity contribution in [3.63, 3.8) is 0 Å².